The molecule has 114 valence electrons. The van der Waals surface area contributed by atoms with Crippen molar-refractivity contribution < 1.29 is 12.9 Å². The molecule has 0 fully saturated rings. The topological polar surface area (TPSA) is 111 Å². The molecule has 0 saturated carbocycles. The van der Waals surface area contributed by atoms with Gasteiger partial charge in [0.25, 0.3) is 0 Å². The minimum atomic E-state index is -3.58. The van der Waals surface area contributed by atoms with Crippen LogP contribution in [-0.4, -0.2) is 25.1 Å². The van der Waals surface area contributed by atoms with Gasteiger partial charge >= 0.3 is 0 Å². The molecule has 1 heterocycles. The molecule has 0 aliphatic rings. The van der Waals surface area contributed by atoms with Gasteiger partial charge in [0.2, 0.25) is 15.9 Å². The van der Waals surface area contributed by atoms with Crippen LogP contribution in [0.4, 0.5) is 0 Å². The first-order chi connectivity index (χ1) is 9.92. The third-order valence-electron chi connectivity index (χ3n) is 2.98. The second-order valence-corrected chi connectivity index (χ2v) is 6.42. The third kappa shape index (κ3) is 3.87. The molecular weight excluding hydrogens is 292 g/mol. The van der Waals surface area contributed by atoms with Crippen LogP contribution in [0.25, 0.3) is 0 Å². The summed E-state index contributed by atoms with van der Waals surface area (Å²) < 4.78 is 32.1. The molecule has 8 heteroatoms. The Bertz CT molecular complexity index is 725. The van der Waals surface area contributed by atoms with E-state index in [-0.39, 0.29) is 11.4 Å². The van der Waals surface area contributed by atoms with E-state index in [0.717, 1.165) is 5.56 Å². The fourth-order valence-corrected chi connectivity index (χ4v) is 3.20. The highest BCUT2D eigenvalue weighted by Crippen LogP contribution is 2.16. The van der Waals surface area contributed by atoms with Gasteiger partial charge in [0.1, 0.15) is 0 Å². The van der Waals surface area contributed by atoms with Gasteiger partial charge in [-0.15, -0.1) is 0 Å². The summed E-state index contributed by atoms with van der Waals surface area (Å²) in [5, 5.41) is 3.65. The van der Waals surface area contributed by atoms with Gasteiger partial charge in [0.05, 0.1) is 4.90 Å². The van der Waals surface area contributed by atoms with Crippen molar-refractivity contribution in [3.8, 4) is 0 Å². The quantitative estimate of drug-likeness (QED) is 0.811. The molecule has 0 aliphatic heterocycles. The molecule has 0 saturated heterocycles. The number of hydrogen-bond donors (Lipinski definition) is 2. The fraction of sp³-hybridized carbons (Fsp3) is 0.385. The Morgan fingerprint density at radius 1 is 1.33 bits per heavy atom. The van der Waals surface area contributed by atoms with E-state index in [0.29, 0.717) is 30.2 Å². The van der Waals surface area contributed by atoms with Crippen LogP contribution in [0.15, 0.2) is 27.6 Å². The number of nitrogens with zero attached hydrogens (tertiary/aromatic N) is 2. The summed E-state index contributed by atoms with van der Waals surface area (Å²) in [6.45, 7) is 3.94. The van der Waals surface area contributed by atoms with Crippen molar-refractivity contribution in [1.29, 1.82) is 0 Å². The molecule has 0 aliphatic carbocycles. The third-order valence-corrected chi connectivity index (χ3v) is 4.58. The monoisotopic (exact) mass is 310 g/mol. The average molecular weight is 310 g/mol. The number of benzene rings is 1. The summed E-state index contributed by atoms with van der Waals surface area (Å²) in [6, 6.07) is 5.15. The van der Waals surface area contributed by atoms with Gasteiger partial charge < -0.3 is 10.3 Å². The maximum Gasteiger partial charge on any atom is 0.240 e. The van der Waals surface area contributed by atoms with E-state index in [2.05, 4.69) is 14.9 Å². The number of nitrogens with one attached hydrogen (secondary N) is 1. The van der Waals surface area contributed by atoms with Crippen LogP contribution in [0.1, 0.15) is 22.8 Å². The number of aromatic nitrogens is 2. The molecule has 21 heavy (non-hydrogen) atoms. The molecule has 0 amide bonds. The van der Waals surface area contributed by atoms with Crippen molar-refractivity contribution in [2.75, 3.05) is 6.54 Å². The van der Waals surface area contributed by atoms with Crippen molar-refractivity contribution in [3.05, 3.63) is 41.0 Å². The molecular formula is C13H18N4O3S. The Morgan fingerprint density at radius 2 is 2.10 bits per heavy atom. The smallest absolute Gasteiger partial charge is 0.240 e. The van der Waals surface area contributed by atoms with Gasteiger partial charge in [-0.25, -0.2) is 13.1 Å². The van der Waals surface area contributed by atoms with Gasteiger partial charge in [-0.2, -0.15) is 4.98 Å². The second-order valence-electron chi connectivity index (χ2n) is 4.69. The van der Waals surface area contributed by atoms with Crippen molar-refractivity contribution in [2.45, 2.75) is 31.7 Å². The Labute approximate surface area is 123 Å². The van der Waals surface area contributed by atoms with Gasteiger partial charge in [-0.3, -0.25) is 0 Å². The Kier molecular flexibility index (Phi) is 4.71. The number of nitrogens with two attached hydrogens (primary N) is 1. The molecule has 2 rings (SSSR count). The lowest BCUT2D eigenvalue weighted by Crippen LogP contribution is -2.27. The SMILES string of the molecule is Cc1noc(CCNS(=O)(=O)c2cc(CN)ccc2C)n1. The zero-order valence-corrected chi connectivity index (χ0v) is 12.8. The normalized spacial score (nSPS) is 11.8. The molecule has 0 bridgehead atoms. The lowest BCUT2D eigenvalue weighted by atomic mass is 10.1. The zero-order valence-electron chi connectivity index (χ0n) is 12.0. The Balaban J connectivity index is 2.07. The Morgan fingerprint density at radius 3 is 2.71 bits per heavy atom. The number of hydrogen-bond acceptors (Lipinski definition) is 6. The van der Waals surface area contributed by atoms with Crippen molar-refractivity contribution in [2.24, 2.45) is 5.73 Å². The average Bonchev–Trinajstić information content (AvgIpc) is 2.84. The van der Waals surface area contributed by atoms with Crippen molar-refractivity contribution in [1.82, 2.24) is 14.9 Å². The van der Waals surface area contributed by atoms with E-state index >= 15 is 0 Å². The Hall–Kier alpha value is -1.77. The highest BCUT2D eigenvalue weighted by Gasteiger charge is 2.17. The predicted molar refractivity (Wildman–Crippen MR) is 77.0 cm³/mol. The maximum absolute atomic E-state index is 12.3. The van der Waals surface area contributed by atoms with E-state index < -0.39 is 10.0 Å². The molecule has 0 atom stereocenters. The first-order valence-electron chi connectivity index (χ1n) is 6.51. The van der Waals surface area contributed by atoms with Gasteiger partial charge in [0, 0.05) is 19.5 Å². The summed E-state index contributed by atoms with van der Waals surface area (Å²) in [4.78, 5) is 4.26. The standard InChI is InChI=1S/C13H18N4O3S/c1-9-3-4-11(8-14)7-12(9)21(18,19)15-6-5-13-16-10(2)17-20-13/h3-4,7,15H,5-6,8,14H2,1-2H3. The van der Waals surface area contributed by atoms with E-state index in [4.69, 9.17) is 10.3 Å². The number of sulfonamides is 1. The van der Waals surface area contributed by atoms with E-state index in [1.807, 2.05) is 6.07 Å². The van der Waals surface area contributed by atoms with E-state index in [1.54, 1.807) is 26.0 Å². The van der Waals surface area contributed by atoms with Gasteiger partial charge in [-0.1, -0.05) is 17.3 Å². The minimum Gasteiger partial charge on any atom is -0.339 e. The first-order valence-corrected chi connectivity index (χ1v) is 7.99. The summed E-state index contributed by atoms with van der Waals surface area (Å²) >= 11 is 0. The molecule has 3 N–H and O–H groups in total. The van der Waals surface area contributed by atoms with Crippen LogP contribution in [0, 0.1) is 13.8 Å². The van der Waals surface area contributed by atoms with Crippen molar-refractivity contribution in [3.63, 3.8) is 0 Å². The van der Waals surface area contributed by atoms with Crippen LogP contribution in [0.3, 0.4) is 0 Å². The van der Waals surface area contributed by atoms with E-state index in [1.165, 1.54) is 0 Å². The molecule has 0 radical (unpaired) electrons. The summed E-state index contributed by atoms with van der Waals surface area (Å²) in [5.41, 5.74) is 6.99. The highest BCUT2D eigenvalue weighted by atomic mass is 32.2. The van der Waals surface area contributed by atoms with Crippen LogP contribution < -0.4 is 10.5 Å². The predicted octanol–water partition coefficient (Wildman–Crippen LogP) is 0.666. The van der Waals surface area contributed by atoms with Crippen LogP contribution >= 0.6 is 0 Å². The molecule has 2 aromatic rings. The minimum absolute atomic E-state index is 0.191. The zero-order chi connectivity index (χ0) is 15.5. The van der Waals surface area contributed by atoms with Crippen molar-refractivity contribution >= 4 is 10.0 Å². The fourth-order valence-electron chi connectivity index (χ4n) is 1.87. The van der Waals surface area contributed by atoms with Gasteiger partial charge in [-0.05, 0) is 31.0 Å². The lowest BCUT2D eigenvalue weighted by Gasteiger charge is -2.10. The summed E-state index contributed by atoms with van der Waals surface area (Å²) in [6.07, 6.45) is 0.343. The van der Waals surface area contributed by atoms with E-state index in [9.17, 15) is 8.42 Å². The van der Waals surface area contributed by atoms with Crippen LogP contribution in [-0.2, 0) is 23.0 Å². The maximum atomic E-state index is 12.3. The highest BCUT2D eigenvalue weighted by molar-refractivity contribution is 7.89. The molecule has 0 spiro atoms. The number of aryl methyl sites for hydroxylation is 2. The number of rotatable bonds is 6. The van der Waals surface area contributed by atoms with Crippen LogP contribution in [0.5, 0.6) is 0 Å². The second kappa shape index (κ2) is 6.33. The largest absolute Gasteiger partial charge is 0.339 e. The van der Waals surface area contributed by atoms with Gasteiger partial charge in [0.15, 0.2) is 5.82 Å². The molecule has 7 nitrogen and oxygen atoms in total. The summed E-state index contributed by atoms with van der Waals surface area (Å²) in [7, 11) is -3.58. The lowest BCUT2D eigenvalue weighted by molar-refractivity contribution is 0.375. The first kappa shape index (κ1) is 15.6. The molecule has 1 aromatic carbocycles. The molecule has 0 unspecified atom stereocenters. The molecule has 1 aromatic heterocycles. The van der Waals surface area contributed by atoms with Crippen LogP contribution in [0.2, 0.25) is 0 Å². The summed E-state index contributed by atoms with van der Waals surface area (Å²) in [5.74, 6) is 0.932.